The normalized spacial score (nSPS) is 10.7. The van der Waals surface area contributed by atoms with Crippen LogP contribution < -0.4 is 16.2 Å². The number of aryl methyl sites for hydroxylation is 1. The van der Waals surface area contributed by atoms with E-state index >= 15 is 0 Å². The average Bonchev–Trinajstić information content (AvgIpc) is 2.82. The summed E-state index contributed by atoms with van der Waals surface area (Å²) >= 11 is 0. The van der Waals surface area contributed by atoms with Crippen LogP contribution in [-0.4, -0.2) is 23.8 Å². The van der Waals surface area contributed by atoms with Crippen LogP contribution in [0.2, 0.25) is 0 Å². The number of carbonyl (C=O) groups is 3. The highest BCUT2D eigenvalue weighted by molar-refractivity contribution is 6.35. The van der Waals surface area contributed by atoms with E-state index in [1.54, 1.807) is 26.8 Å². The molecule has 1 heterocycles. The van der Waals surface area contributed by atoms with Crippen molar-refractivity contribution in [1.29, 1.82) is 0 Å². The standard InChI is InChI=1S/C15H16FN3O4/c1-7(2)17-14(21)15(22)19-18-13(20)11-8(3)9-5-4-6-10(16)12(9)23-11/h4-7H,1-3H3,(H,17,21)(H,18,20)(H,19,22). The van der Waals surface area contributed by atoms with Gasteiger partial charge >= 0.3 is 17.7 Å². The fourth-order valence-electron chi connectivity index (χ4n) is 1.98. The number of nitrogens with one attached hydrogen (secondary N) is 3. The molecule has 8 heteroatoms. The maximum atomic E-state index is 13.6. The smallest absolute Gasteiger partial charge is 0.327 e. The summed E-state index contributed by atoms with van der Waals surface area (Å²) in [7, 11) is 0. The first-order valence-corrected chi connectivity index (χ1v) is 6.90. The van der Waals surface area contributed by atoms with Crippen LogP contribution in [0.3, 0.4) is 0 Å². The third-order valence-corrected chi connectivity index (χ3v) is 3.04. The third-order valence-electron chi connectivity index (χ3n) is 3.04. The molecule has 0 aliphatic carbocycles. The molecule has 1 aromatic carbocycles. The van der Waals surface area contributed by atoms with E-state index in [-0.39, 0.29) is 17.4 Å². The molecule has 0 aliphatic rings. The number of para-hydroxylation sites is 1. The number of benzene rings is 1. The van der Waals surface area contributed by atoms with Gasteiger partial charge in [-0.25, -0.2) is 4.39 Å². The molecule has 0 radical (unpaired) electrons. The zero-order valence-corrected chi connectivity index (χ0v) is 12.8. The number of carbonyl (C=O) groups excluding carboxylic acids is 3. The Bertz CT molecular complexity index is 782. The van der Waals surface area contributed by atoms with Gasteiger partial charge in [0, 0.05) is 17.0 Å². The van der Waals surface area contributed by atoms with E-state index in [0.29, 0.717) is 10.9 Å². The number of hydrogen-bond donors (Lipinski definition) is 3. The molecule has 0 fully saturated rings. The van der Waals surface area contributed by atoms with E-state index in [9.17, 15) is 18.8 Å². The molecule has 0 unspecified atom stereocenters. The average molecular weight is 321 g/mol. The zero-order chi connectivity index (χ0) is 17.1. The summed E-state index contributed by atoms with van der Waals surface area (Å²) in [6.07, 6.45) is 0. The van der Waals surface area contributed by atoms with E-state index in [2.05, 4.69) is 10.7 Å². The number of amides is 3. The Hall–Kier alpha value is -2.90. The minimum Gasteiger partial charge on any atom is -0.447 e. The van der Waals surface area contributed by atoms with Gasteiger partial charge in [-0.1, -0.05) is 12.1 Å². The van der Waals surface area contributed by atoms with E-state index in [1.807, 2.05) is 5.43 Å². The van der Waals surface area contributed by atoms with E-state index in [4.69, 9.17) is 4.42 Å². The Labute approximate surface area is 131 Å². The number of furan rings is 1. The van der Waals surface area contributed by atoms with Crippen LogP contribution in [-0.2, 0) is 9.59 Å². The van der Waals surface area contributed by atoms with Gasteiger partial charge in [-0.05, 0) is 26.8 Å². The third kappa shape index (κ3) is 3.47. The minimum absolute atomic E-state index is 0.0426. The van der Waals surface area contributed by atoms with Crippen LogP contribution >= 0.6 is 0 Å². The zero-order valence-electron chi connectivity index (χ0n) is 12.8. The lowest BCUT2D eigenvalue weighted by atomic mass is 10.1. The molecule has 0 aliphatic heterocycles. The molecular formula is C15H16FN3O4. The van der Waals surface area contributed by atoms with Crippen molar-refractivity contribution in [3.63, 3.8) is 0 Å². The monoisotopic (exact) mass is 321 g/mol. The van der Waals surface area contributed by atoms with Crippen LogP contribution in [0.15, 0.2) is 22.6 Å². The molecule has 0 saturated heterocycles. The van der Waals surface area contributed by atoms with Crippen molar-refractivity contribution in [2.75, 3.05) is 0 Å². The summed E-state index contributed by atoms with van der Waals surface area (Å²) in [6.45, 7) is 4.97. The summed E-state index contributed by atoms with van der Waals surface area (Å²) in [5.41, 5.74) is 4.41. The molecular weight excluding hydrogens is 305 g/mol. The molecule has 3 amide bonds. The first-order chi connectivity index (χ1) is 10.8. The van der Waals surface area contributed by atoms with Crippen LogP contribution in [0.1, 0.15) is 30.0 Å². The Morgan fingerprint density at radius 2 is 1.83 bits per heavy atom. The van der Waals surface area contributed by atoms with Crippen LogP contribution in [0.5, 0.6) is 0 Å². The predicted octanol–water partition coefficient (Wildman–Crippen LogP) is 1.17. The Kier molecular flexibility index (Phi) is 4.63. The van der Waals surface area contributed by atoms with Crippen LogP contribution in [0, 0.1) is 12.7 Å². The second kappa shape index (κ2) is 6.47. The molecule has 0 spiro atoms. The highest BCUT2D eigenvalue weighted by Crippen LogP contribution is 2.26. The second-order valence-electron chi connectivity index (χ2n) is 5.21. The Balaban J connectivity index is 2.10. The summed E-state index contributed by atoms with van der Waals surface area (Å²) in [5, 5.41) is 2.83. The van der Waals surface area contributed by atoms with Crippen molar-refractivity contribution in [1.82, 2.24) is 16.2 Å². The van der Waals surface area contributed by atoms with Gasteiger partial charge in [0.25, 0.3) is 0 Å². The van der Waals surface area contributed by atoms with Crippen molar-refractivity contribution in [2.45, 2.75) is 26.8 Å². The van der Waals surface area contributed by atoms with E-state index < -0.39 is 23.5 Å². The van der Waals surface area contributed by atoms with Gasteiger partial charge in [-0.2, -0.15) is 0 Å². The number of rotatable bonds is 2. The highest BCUT2D eigenvalue weighted by atomic mass is 19.1. The number of hydrogen-bond acceptors (Lipinski definition) is 4. The second-order valence-corrected chi connectivity index (χ2v) is 5.21. The minimum atomic E-state index is -1.02. The lowest BCUT2D eigenvalue weighted by Crippen LogP contribution is -2.49. The fourth-order valence-corrected chi connectivity index (χ4v) is 1.98. The Morgan fingerprint density at radius 1 is 1.13 bits per heavy atom. The molecule has 7 nitrogen and oxygen atoms in total. The van der Waals surface area contributed by atoms with Gasteiger partial charge in [0.05, 0.1) is 0 Å². The van der Waals surface area contributed by atoms with Crippen LogP contribution in [0.25, 0.3) is 11.0 Å². The molecule has 2 rings (SSSR count). The largest absolute Gasteiger partial charge is 0.447 e. The van der Waals surface area contributed by atoms with Gasteiger partial charge < -0.3 is 9.73 Å². The first-order valence-electron chi connectivity index (χ1n) is 6.90. The first kappa shape index (κ1) is 16.5. The summed E-state index contributed by atoms with van der Waals surface area (Å²) in [5.74, 6) is -3.43. The summed E-state index contributed by atoms with van der Waals surface area (Å²) in [6, 6.07) is 4.11. The Morgan fingerprint density at radius 3 is 2.43 bits per heavy atom. The van der Waals surface area contributed by atoms with Crippen LogP contribution in [0.4, 0.5) is 4.39 Å². The van der Waals surface area contributed by atoms with Gasteiger partial charge in [-0.3, -0.25) is 25.2 Å². The highest BCUT2D eigenvalue weighted by Gasteiger charge is 2.21. The summed E-state index contributed by atoms with van der Waals surface area (Å²) < 4.78 is 18.8. The molecule has 1 aromatic heterocycles. The molecule has 3 N–H and O–H groups in total. The number of halogens is 1. The van der Waals surface area contributed by atoms with Crippen molar-refractivity contribution in [2.24, 2.45) is 0 Å². The SMILES string of the molecule is Cc1c(C(=O)NNC(=O)C(=O)NC(C)C)oc2c(F)cccc12. The van der Waals surface area contributed by atoms with Gasteiger partial charge in [0.2, 0.25) is 0 Å². The van der Waals surface area contributed by atoms with Crippen molar-refractivity contribution >= 4 is 28.7 Å². The number of hydrazine groups is 1. The molecule has 0 saturated carbocycles. The molecule has 2 aromatic rings. The lowest BCUT2D eigenvalue weighted by molar-refractivity contribution is -0.139. The van der Waals surface area contributed by atoms with Gasteiger partial charge in [0.1, 0.15) is 0 Å². The van der Waals surface area contributed by atoms with Crippen molar-refractivity contribution in [3.05, 3.63) is 35.3 Å². The van der Waals surface area contributed by atoms with Crippen molar-refractivity contribution < 1.29 is 23.2 Å². The van der Waals surface area contributed by atoms with E-state index in [1.165, 1.54) is 12.1 Å². The van der Waals surface area contributed by atoms with E-state index in [0.717, 1.165) is 0 Å². The van der Waals surface area contributed by atoms with Gasteiger partial charge in [0.15, 0.2) is 17.2 Å². The molecule has 23 heavy (non-hydrogen) atoms. The fraction of sp³-hybridized carbons (Fsp3) is 0.267. The topological polar surface area (TPSA) is 100 Å². The number of fused-ring (bicyclic) bond motifs is 1. The maximum Gasteiger partial charge on any atom is 0.327 e. The maximum absolute atomic E-state index is 13.6. The quantitative estimate of drug-likeness (QED) is 0.571. The molecule has 122 valence electrons. The molecule has 0 atom stereocenters. The van der Waals surface area contributed by atoms with Crippen molar-refractivity contribution in [3.8, 4) is 0 Å². The lowest BCUT2D eigenvalue weighted by Gasteiger charge is -2.09. The van der Waals surface area contributed by atoms with Gasteiger partial charge in [-0.15, -0.1) is 0 Å². The molecule has 0 bridgehead atoms. The predicted molar refractivity (Wildman–Crippen MR) is 79.8 cm³/mol. The summed E-state index contributed by atoms with van der Waals surface area (Å²) in [4.78, 5) is 34.9.